The molecule has 11 heavy (non-hydrogen) atoms. The number of alkyl halides is 6. The third-order valence-electron chi connectivity index (χ3n) is 0.833. The van der Waals surface area contributed by atoms with Crippen molar-refractivity contribution in [1.82, 2.24) is 0 Å². The quantitative estimate of drug-likeness (QED) is 0.571. The number of hydrogen-bond donors (Lipinski definition) is 0. The van der Waals surface area contributed by atoms with Crippen LogP contribution in [0.25, 0.3) is 0 Å². The van der Waals surface area contributed by atoms with Crippen LogP contribution in [0.5, 0.6) is 0 Å². The summed E-state index contributed by atoms with van der Waals surface area (Å²) in [6.07, 6.45) is -10.6. The number of halogens is 6. The van der Waals surface area contributed by atoms with Gasteiger partial charge in [-0.05, 0) is 0 Å². The Morgan fingerprint density at radius 2 is 1.45 bits per heavy atom. The topological polar surface area (TPSA) is 0 Å². The third-order valence-corrected chi connectivity index (χ3v) is 0.833. The minimum Gasteiger partial charge on any atom is -0.237 e. The summed E-state index contributed by atoms with van der Waals surface area (Å²) in [6.45, 7) is 2.05. The molecule has 0 aromatic heterocycles. The SMILES string of the molecule is [CH2]C(F)(F)CC(F)C(F)(F)F. The predicted molar refractivity (Wildman–Crippen MR) is 25.9 cm³/mol. The summed E-state index contributed by atoms with van der Waals surface area (Å²) in [5, 5.41) is 0. The van der Waals surface area contributed by atoms with Gasteiger partial charge in [0.2, 0.25) is 6.17 Å². The molecule has 0 bridgehead atoms. The maximum atomic E-state index is 11.8. The standard InChI is InChI=1S/C5H5F6/c1-4(7,8)2-3(6)5(9,10)11/h3H,1-2H2. The number of rotatable bonds is 2. The Morgan fingerprint density at radius 1 is 1.09 bits per heavy atom. The highest BCUT2D eigenvalue weighted by atomic mass is 19.4. The van der Waals surface area contributed by atoms with Crippen LogP contribution in [0.1, 0.15) is 6.42 Å². The van der Waals surface area contributed by atoms with E-state index in [2.05, 4.69) is 6.92 Å². The molecule has 0 amide bonds. The fourth-order valence-electron chi connectivity index (χ4n) is 0.378. The Hall–Kier alpha value is -0.420. The second-order valence-corrected chi connectivity index (χ2v) is 2.07. The summed E-state index contributed by atoms with van der Waals surface area (Å²) >= 11 is 0. The first-order chi connectivity index (χ1) is 4.63. The van der Waals surface area contributed by atoms with Crippen molar-refractivity contribution in [2.24, 2.45) is 0 Å². The first kappa shape index (κ1) is 10.6. The fourth-order valence-corrected chi connectivity index (χ4v) is 0.378. The Kier molecular flexibility index (Phi) is 2.79. The lowest BCUT2D eigenvalue weighted by atomic mass is 10.2. The van der Waals surface area contributed by atoms with Gasteiger partial charge >= 0.3 is 6.18 Å². The van der Waals surface area contributed by atoms with Crippen LogP contribution < -0.4 is 0 Å². The van der Waals surface area contributed by atoms with E-state index in [4.69, 9.17) is 0 Å². The van der Waals surface area contributed by atoms with Gasteiger partial charge in [-0.15, -0.1) is 0 Å². The molecule has 0 rings (SSSR count). The lowest BCUT2D eigenvalue weighted by Gasteiger charge is -2.15. The van der Waals surface area contributed by atoms with Gasteiger partial charge in [0.05, 0.1) is 6.42 Å². The van der Waals surface area contributed by atoms with Gasteiger partial charge in [0, 0.05) is 6.92 Å². The van der Waals surface area contributed by atoms with Crippen LogP contribution in [-0.4, -0.2) is 18.3 Å². The molecule has 0 aliphatic heterocycles. The Bertz CT molecular complexity index is 120. The second-order valence-electron chi connectivity index (χ2n) is 2.07. The van der Waals surface area contributed by atoms with Gasteiger partial charge in [0.1, 0.15) is 0 Å². The lowest BCUT2D eigenvalue weighted by molar-refractivity contribution is -0.194. The Labute approximate surface area is 59.2 Å². The van der Waals surface area contributed by atoms with Crippen molar-refractivity contribution in [3.8, 4) is 0 Å². The van der Waals surface area contributed by atoms with Crippen molar-refractivity contribution < 1.29 is 26.3 Å². The van der Waals surface area contributed by atoms with Gasteiger partial charge in [-0.25, -0.2) is 13.2 Å². The lowest BCUT2D eigenvalue weighted by Crippen LogP contribution is -2.30. The Morgan fingerprint density at radius 3 is 1.55 bits per heavy atom. The maximum absolute atomic E-state index is 11.8. The number of hydrogen-bond acceptors (Lipinski definition) is 0. The monoisotopic (exact) mass is 179 g/mol. The molecular formula is C5H5F6. The largest absolute Gasteiger partial charge is 0.419 e. The van der Waals surface area contributed by atoms with Gasteiger partial charge in [-0.3, -0.25) is 0 Å². The van der Waals surface area contributed by atoms with Gasteiger partial charge in [0.15, 0.2) is 0 Å². The summed E-state index contributed by atoms with van der Waals surface area (Å²) < 4.78 is 68.8. The normalized spacial score (nSPS) is 16.6. The Balaban J connectivity index is 3.99. The van der Waals surface area contributed by atoms with E-state index in [1.165, 1.54) is 0 Å². The van der Waals surface area contributed by atoms with E-state index in [0.717, 1.165) is 0 Å². The molecule has 0 spiro atoms. The molecule has 0 fully saturated rings. The summed E-state index contributed by atoms with van der Waals surface area (Å²) in [7, 11) is 0. The molecule has 0 aliphatic rings. The minimum atomic E-state index is -5.22. The van der Waals surface area contributed by atoms with E-state index < -0.39 is 24.7 Å². The predicted octanol–water partition coefficient (Wildman–Crippen LogP) is 2.75. The molecule has 1 unspecified atom stereocenters. The van der Waals surface area contributed by atoms with Crippen LogP contribution in [-0.2, 0) is 0 Å². The molecule has 0 N–H and O–H groups in total. The van der Waals surface area contributed by atoms with E-state index in [-0.39, 0.29) is 0 Å². The van der Waals surface area contributed by atoms with Crippen LogP contribution in [0.4, 0.5) is 26.3 Å². The second kappa shape index (κ2) is 2.91. The molecule has 0 saturated carbocycles. The molecule has 0 heterocycles. The van der Waals surface area contributed by atoms with Crippen molar-refractivity contribution in [3.63, 3.8) is 0 Å². The average Bonchev–Trinajstić information content (AvgIpc) is 1.56. The zero-order valence-electron chi connectivity index (χ0n) is 5.26. The van der Waals surface area contributed by atoms with Gasteiger partial charge < -0.3 is 0 Å². The van der Waals surface area contributed by atoms with E-state index in [1.807, 2.05) is 0 Å². The molecule has 0 aromatic carbocycles. The van der Waals surface area contributed by atoms with Crippen molar-refractivity contribution in [2.45, 2.75) is 24.7 Å². The molecule has 1 atom stereocenters. The molecular weight excluding hydrogens is 174 g/mol. The molecule has 0 nitrogen and oxygen atoms in total. The van der Waals surface area contributed by atoms with Crippen LogP contribution in [0.2, 0.25) is 0 Å². The van der Waals surface area contributed by atoms with Crippen LogP contribution in [0.15, 0.2) is 0 Å². The van der Waals surface area contributed by atoms with Crippen molar-refractivity contribution in [2.75, 3.05) is 0 Å². The highest BCUT2D eigenvalue weighted by Gasteiger charge is 2.44. The summed E-state index contributed by atoms with van der Waals surface area (Å²) in [5.41, 5.74) is 0. The highest BCUT2D eigenvalue weighted by Crippen LogP contribution is 2.31. The van der Waals surface area contributed by atoms with Gasteiger partial charge in [0.25, 0.3) is 5.92 Å². The molecule has 1 radical (unpaired) electrons. The van der Waals surface area contributed by atoms with Gasteiger partial charge in [-0.2, -0.15) is 13.2 Å². The molecule has 6 heteroatoms. The van der Waals surface area contributed by atoms with E-state index in [0.29, 0.717) is 0 Å². The fraction of sp³-hybridized carbons (Fsp3) is 0.800. The summed E-state index contributed by atoms with van der Waals surface area (Å²) in [5.74, 6) is -3.87. The maximum Gasteiger partial charge on any atom is 0.419 e. The first-order valence-electron chi connectivity index (χ1n) is 2.57. The summed E-state index contributed by atoms with van der Waals surface area (Å²) in [6, 6.07) is 0. The van der Waals surface area contributed by atoms with Gasteiger partial charge in [-0.1, -0.05) is 0 Å². The van der Waals surface area contributed by atoms with Crippen LogP contribution in [0.3, 0.4) is 0 Å². The smallest absolute Gasteiger partial charge is 0.237 e. The zero-order valence-corrected chi connectivity index (χ0v) is 5.26. The van der Waals surface area contributed by atoms with Crippen molar-refractivity contribution >= 4 is 0 Å². The van der Waals surface area contributed by atoms with E-state index >= 15 is 0 Å². The minimum absolute atomic E-state index is 1.92. The third kappa shape index (κ3) is 4.92. The van der Waals surface area contributed by atoms with Crippen LogP contribution >= 0.6 is 0 Å². The van der Waals surface area contributed by atoms with E-state index in [1.54, 1.807) is 0 Å². The van der Waals surface area contributed by atoms with Crippen molar-refractivity contribution in [1.29, 1.82) is 0 Å². The molecule has 67 valence electrons. The van der Waals surface area contributed by atoms with E-state index in [9.17, 15) is 26.3 Å². The highest BCUT2D eigenvalue weighted by molar-refractivity contribution is 4.77. The molecule has 0 aliphatic carbocycles. The van der Waals surface area contributed by atoms with Crippen molar-refractivity contribution in [3.05, 3.63) is 6.92 Å². The average molecular weight is 179 g/mol. The molecule has 0 saturated heterocycles. The van der Waals surface area contributed by atoms with Crippen LogP contribution in [0, 0.1) is 6.92 Å². The zero-order chi connectivity index (χ0) is 9.28. The summed E-state index contributed by atoms with van der Waals surface area (Å²) in [4.78, 5) is 0. The first-order valence-corrected chi connectivity index (χ1v) is 2.57. The molecule has 0 aromatic rings.